The van der Waals surface area contributed by atoms with E-state index in [9.17, 15) is 0 Å². The van der Waals surface area contributed by atoms with E-state index in [0.717, 1.165) is 28.0 Å². The smallest absolute Gasteiger partial charge is 0.0951 e. The topological polar surface area (TPSA) is 54.2 Å². The molecule has 3 rings (SSSR count). The maximum atomic E-state index is 6.00. The SMILES string of the molecule is CN(C)c1ccccc1Nc1ccnc2c(N)cccc12. The van der Waals surface area contributed by atoms with Crippen LogP contribution in [0.5, 0.6) is 0 Å². The van der Waals surface area contributed by atoms with E-state index in [1.807, 2.05) is 50.5 Å². The fourth-order valence-electron chi connectivity index (χ4n) is 2.42. The number of aromatic nitrogens is 1. The van der Waals surface area contributed by atoms with Gasteiger partial charge in [0.1, 0.15) is 0 Å². The number of hydrogen-bond donors (Lipinski definition) is 2. The zero-order valence-electron chi connectivity index (χ0n) is 12.2. The molecule has 0 saturated carbocycles. The van der Waals surface area contributed by atoms with Crippen LogP contribution >= 0.6 is 0 Å². The second-order valence-electron chi connectivity index (χ2n) is 5.14. The van der Waals surface area contributed by atoms with Crippen LogP contribution in [0.25, 0.3) is 10.9 Å². The van der Waals surface area contributed by atoms with E-state index in [0.29, 0.717) is 5.69 Å². The van der Waals surface area contributed by atoms with Crippen molar-refractivity contribution in [1.82, 2.24) is 4.98 Å². The molecule has 0 spiro atoms. The van der Waals surface area contributed by atoms with Crippen LogP contribution in [0, 0.1) is 0 Å². The van der Waals surface area contributed by atoms with Crippen molar-refractivity contribution in [1.29, 1.82) is 0 Å². The molecule has 4 heteroatoms. The molecule has 21 heavy (non-hydrogen) atoms. The predicted molar refractivity (Wildman–Crippen MR) is 90.2 cm³/mol. The van der Waals surface area contributed by atoms with Crippen molar-refractivity contribution >= 4 is 33.7 Å². The van der Waals surface area contributed by atoms with Crippen molar-refractivity contribution in [2.75, 3.05) is 30.0 Å². The Morgan fingerprint density at radius 3 is 2.57 bits per heavy atom. The predicted octanol–water partition coefficient (Wildman–Crippen LogP) is 3.63. The number of pyridine rings is 1. The summed E-state index contributed by atoms with van der Waals surface area (Å²) in [5.74, 6) is 0. The van der Waals surface area contributed by atoms with Crippen LogP contribution < -0.4 is 16.0 Å². The second kappa shape index (κ2) is 5.32. The number of benzene rings is 2. The number of fused-ring (bicyclic) bond motifs is 1. The molecule has 3 aromatic rings. The summed E-state index contributed by atoms with van der Waals surface area (Å²) in [6.07, 6.45) is 1.78. The van der Waals surface area contributed by atoms with Crippen LogP contribution in [0.4, 0.5) is 22.7 Å². The summed E-state index contributed by atoms with van der Waals surface area (Å²) >= 11 is 0. The van der Waals surface area contributed by atoms with E-state index < -0.39 is 0 Å². The first kappa shape index (κ1) is 13.2. The Hall–Kier alpha value is -2.75. The van der Waals surface area contributed by atoms with Crippen molar-refractivity contribution in [3.8, 4) is 0 Å². The van der Waals surface area contributed by atoms with Crippen LogP contribution in [0.2, 0.25) is 0 Å². The Morgan fingerprint density at radius 2 is 1.76 bits per heavy atom. The van der Waals surface area contributed by atoms with Gasteiger partial charge in [0.25, 0.3) is 0 Å². The summed E-state index contributed by atoms with van der Waals surface area (Å²) in [6.45, 7) is 0. The fraction of sp³-hybridized carbons (Fsp3) is 0.118. The van der Waals surface area contributed by atoms with E-state index >= 15 is 0 Å². The van der Waals surface area contributed by atoms with Crippen molar-refractivity contribution in [2.24, 2.45) is 0 Å². The lowest BCUT2D eigenvalue weighted by molar-refractivity contribution is 1.13. The average Bonchev–Trinajstić information content (AvgIpc) is 2.49. The normalized spacial score (nSPS) is 10.6. The molecule has 0 fully saturated rings. The molecule has 1 heterocycles. The molecule has 0 saturated heterocycles. The van der Waals surface area contributed by atoms with Crippen LogP contribution in [0.1, 0.15) is 0 Å². The standard InChI is InChI=1S/C17H18N4/c1-21(2)16-9-4-3-8-15(16)20-14-10-11-19-17-12(14)6-5-7-13(17)18/h3-11H,18H2,1-2H3,(H,19,20). The van der Waals surface area contributed by atoms with E-state index in [2.05, 4.69) is 27.3 Å². The van der Waals surface area contributed by atoms with Gasteiger partial charge in [0.2, 0.25) is 0 Å². The molecule has 2 aromatic carbocycles. The van der Waals surface area contributed by atoms with E-state index in [1.165, 1.54) is 0 Å². The third-order valence-electron chi connectivity index (χ3n) is 3.46. The van der Waals surface area contributed by atoms with Gasteiger partial charge in [-0.05, 0) is 24.3 Å². The highest BCUT2D eigenvalue weighted by Crippen LogP contribution is 2.31. The number of para-hydroxylation sites is 3. The van der Waals surface area contributed by atoms with Crippen molar-refractivity contribution in [2.45, 2.75) is 0 Å². The zero-order valence-corrected chi connectivity index (χ0v) is 12.2. The molecule has 3 N–H and O–H groups in total. The minimum atomic E-state index is 0.692. The molecular weight excluding hydrogens is 260 g/mol. The van der Waals surface area contributed by atoms with Gasteiger partial charge in [0.15, 0.2) is 0 Å². The Morgan fingerprint density at radius 1 is 0.952 bits per heavy atom. The highest BCUT2D eigenvalue weighted by Gasteiger charge is 2.07. The third-order valence-corrected chi connectivity index (χ3v) is 3.46. The summed E-state index contributed by atoms with van der Waals surface area (Å²) in [5, 5.41) is 4.51. The molecule has 4 nitrogen and oxygen atoms in total. The molecule has 0 aliphatic carbocycles. The van der Waals surface area contributed by atoms with Gasteiger partial charge in [-0.2, -0.15) is 0 Å². The molecule has 106 valence electrons. The lowest BCUT2D eigenvalue weighted by Gasteiger charge is -2.19. The molecule has 0 bridgehead atoms. The fourth-order valence-corrected chi connectivity index (χ4v) is 2.42. The van der Waals surface area contributed by atoms with Gasteiger partial charge in [-0.15, -0.1) is 0 Å². The van der Waals surface area contributed by atoms with Gasteiger partial charge in [0.05, 0.1) is 22.6 Å². The van der Waals surface area contributed by atoms with Crippen LogP contribution in [-0.2, 0) is 0 Å². The first-order valence-electron chi connectivity index (χ1n) is 6.83. The maximum absolute atomic E-state index is 6.00. The van der Waals surface area contributed by atoms with E-state index in [-0.39, 0.29) is 0 Å². The molecule has 0 aliphatic heterocycles. The Bertz CT molecular complexity index is 781. The Kier molecular flexibility index (Phi) is 3.36. The average molecular weight is 278 g/mol. The summed E-state index contributed by atoms with van der Waals surface area (Å²) in [4.78, 5) is 6.45. The number of hydrogen-bond acceptors (Lipinski definition) is 4. The van der Waals surface area contributed by atoms with Crippen LogP contribution in [0.15, 0.2) is 54.7 Å². The Labute approximate surface area is 124 Å². The van der Waals surface area contributed by atoms with Crippen molar-refractivity contribution in [3.05, 3.63) is 54.7 Å². The van der Waals surface area contributed by atoms with Crippen molar-refractivity contribution < 1.29 is 0 Å². The number of nitrogens with two attached hydrogens (primary N) is 1. The number of nitrogens with zero attached hydrogens (tertiary/aromatic N) is 2. The first-order valence-corrected chi connectivity index (χ1v) is 6.83. The second-order valence-corrected chi connectivity index (χ2v) is 5.14. The number of rotatable bonds is 3. The summed E-state index contributed by atoms with van der Waals surface area (Å²) in [6, 6.07) is 16.0. The van der Waals surface area contributed by atoms with Gasteiger partial charge < -0.3 is 16.0 Å². The van der Waals surface area contributed by atoms with Gasteiger partial charge in [0, 0.05) is 31.4 Å². The molecule has 0 radical (unpaired) electrons. The Balaban J connectivity index is 2.09. The summed E-state index contributed by atoms with van der Waals surface area (Å²) in [5.41, 5.74) is 10.7. The minimum Gasteiger partial charge on any atom is -0.397 e. The van der Waals surface area contributed by atoms with Gasteiger partial charge >= 0.3 is 0 Å². The highest BCUT2D eigenvalue weighted by molar-refractivity contribution is 5.99. The van der Waals surface area contributed by atoms with E-state index in [4.69, 9.17) is 5.73 Å². The number of nitrogen functional groups attached to an aromatic ring is 1. The van der Waals surface area contributed by atoms with E-state index in [1.54, 1.807) is 6.20 Å². The molecule has 1 aromatic heterocycles. The molecule has 0 amide bonds. The highest BCUT2D eigenvalue weighted by atomic mass is 15.1. The summed E-state index contributed by atoms with van der Waals surface area (Å²) < 4.78 is 0. The maximum Gasteiger partial charge on any atom is 0.0951 e. The van der Waals surface area contributed by atoms with Gasteiger partial charge in [-0.25, -0.2) is 0 Å². The third kappa shape index (κ3) is 2.48. The quantitative estimate of drug-likeness (QED) is 0.718. The van der Waals surface area contributed by atoms with Crippen LogP contribution in [-0.4, -0.2) is 19.1 Å². The van der Waals surface area contributed by atoms with Crippen molar-refractivity contribution in [3.63, 3.8) is 0 Å². The van der Waals surface area contributed by atoms with Crippen LogP contribution in [0.3, 0.4) is 0 Å². The lowest BCUT2D eigenvalue weighted by atomic mass is 10.1. The zero-order chi connectivity index (χ0) is 14.8. The molecule has 0 unspecified atom stereocenters. The largest absolute Gasteiger partial charge is 0.397 e. The molecular formula is C17H18N4. The van der Waals surface area contributed by atoms with Gasteiger partial charge in [-0.1, -0.05) is 24.3 Å². The minimum absolute atomic E-state index is 0.692. The number of nitrogens with one attached hydrogen (secondary N) is 1. The lowest BCUT2D eigenvalue weighted by Crippen LogP contribution is -2.10. The van der Waals surface area contributed by atoms with Gasteiger partial charge in [-0.3, -0.25) is 4.98 Å². The number of anilines is 4. The molecule has 0 aliphatic rings. The molecule has 0 atom stereocenters. The summed E-state index contributed by atoms with van der Waals surface area (Å²) in [7, 11) is 4.06. The monoisotopic (exact) mass is 278 g/mol. The first-order chi connectivity index (χ1) is 10.2.